The van der Waals surface area contributed by atoms with Crippen molar-refractivity contribution in [2.75, 3.05) is 24.8 Å². The van der Waals surface area contributed by atoms with Crippen LogP contribution in [0.1, 0.15) is 22.9 Å². The van der Waals surface area contributed by atoms with Crippen LogP contribution in [0.15, 0.2) is 18.3 Å². The number of hydrogen-bond donors (Lipinski definition) is 4. The first kappa shape index (κ1) is 20.6. The van der Waals surface area contributed by atoms with E-state index in [9.17, 15) is 22.8 Å². The molecule has 2 aromatic rings. The Bertz CT molecular complexity index is 1090. The minimum Gasteiger partial charge on any atom is -0.494 e. The highest BCUT2D eigenvalue weighted by molar-refractivity contribution is 6.08. The summed E-state index contributed by atoms with van der Waals surface area (Å²) in [6.45, 7) is 0. The van der Waals surface area contributed by atoms with E-state index in [2.05, 4.69) is 25.9 Å². The molecule has 2 aliphatic rings. The van der Waals surface area contributed by atoms with Gasteiger partial charge in [-0.2, -0.15) is 18.2 Å². The average molecular weight is 440 g/mol. The van der Waals surface area contributed by atoms with Gasteiger partial charge in [0.15, 0.2) is 11.7 Å². The van der Waals surface area contributed by atoms with Crippen molar-refractivity contribution in [3.05, 3.63) is 35.0 Å². The first-order valence-electron chi connectivity index (χ1n) is 8.97. The van der Waals surface area contributed by atoms with Gasteiger partial charge in [0.2, 0.25) is 5.95 Å². The van der Waals surface area contributed by atoms with Crippen LogP contribution in [0.2, 0.25) is 0 Å². The first-order valence-corrected chi connectivity index (χ1v) is 8.97. The standard InChI is InChI=1S/C18H16F4N6O3/c1-23-13-9(18(20,21)22)6-24-15(26-13)25-10-4-3-7-8(11(10)31-2)5-17(12(7)19)14(29)27-16(30)28-17/h3-4,6,12H,5H2,1-2H3,(H2,23,24,25,26)(H2,27,28,29,30). The second-order valence-corrected chi connectivity index (χ2v) is 6.96. The van der Waals surface area contributed by atoms with Crippen molar-refractivity contribution in [1.29, 1.82) is 0 Å². The van der Waals surface area contributed by atoms with Gasteiger partial charge in [-0.25, -0.2) is 14.2 Å². The summed E-state index contributed by atoms with van der Waals surface area (Å²) in [4.78, 5) is 31.3. The quantitative estimate of drug-likeness (QED) is 0.426. The van der Waals surface area contributed by atoms with Crippen molar-refractivity contribution >= 4 is 29.4 Å². The number of nitrogens with zero attached hydrogens (tertiary/aromatic N) is 2. The van der Waals surface area contributed by atoms with Gasteiger partial charge >= 0.3 is 12.2 Å². The van der Waals surface area contributed by atoms with Crippen LogP contribution >= 0.6 is 0 Å². The summed E-state index contributed by atoms with van der Waals surface area (Å²) < 4.78 is 59.7. The fourth-order valence-electron chi connectivity index (χ4n) is 3.80. The van der Waals surface area contributed by atoms with Gasteiger partial charge in [0, 0.05) is 25.2 Å². The van der Waals surface area contributed by atoms with Crippen LogP contribution in [0.25, 0.3) is 0 Å². The molecule has 1 aromatic heterocycles. The molecule has 0 bridgehead atoms. The third-order valence-electron chi connectivity index (χ3n) is 5.21. The molecule has 1 aromatic carbocycles. The molecule has 2 heterocycles. The van der Waals surface area contributed by atoms with Crippen molar-refractivity contribution < 1.29 is 31.9 Å². The summed E-state index contributed by atoms with van der Waals surface area (Å²) in [5, 5.41) is 9.50. The third kappa shape index (κ3) is 3.16. The average Bonchev–Trinajstić information content (AvgIpc) is 3.16. The maximum absolute atomic E-state index is 15.1. The van der Waals surface area contributed by atoms with E-state index in [4.69, 9.17) is 4.74 Å². The number of hydrogen-bond acceptors (Lipinski definition) is 7. The van der Waals surface area contributed by atoms with E-state index >= 15 is 4.39 Å². The van der Waals surface area contributed by atoms with E-state index in [1.54, 1.807) is 0 Å². The number of carbonyl (C=O) groups is 2. The number of rotatable bonds is 4. The highest BCUT2D eigenvalue weighted by Gasteiger charge is 2.58. The topological polar surface area (TPSA) is 117 Å². The van der Waals surface area contributed by atoms with Gasteiger partial charge in [-0.15, -0.1) is 0 Å². The molecule has 31 heavy (non-hydrogen) atoms. The van der Waals surface area contributed by atoms with Crippen molar-refractivity contribution in [2.45, 2.75) is 24.3 Å². The Kier molecular flexibility index (Phi) is 4.63. The Morgan fingerprint density at radius 2 is 2.03 bits per heavy atom. The second kappa shape index (κ2) is 6.96. The number of methoxy groups -OCH3 is 1. The molecule has 4 rings (SSSR count). The maximum atomic E-state index is 15.1. The molecule has 4 N–H and O–H groups in total. The molecule has 0 radical (unpaired) electrons. The van der Waals surface area contributed by atoms with Crippen LogP contribution in [-0.2, 0) is 17.4 Å². The SMILES string of the molecule is CNc1nc(Nc2ccc3c(c2OC)CC2(NC(=O)NC2=O)C3F)ncc1C(F)(F)F. The number of fused-ring (bicyclic) bond motifs is 1. The number of alkyl halides is 4. The molecule has 1 saturated heterocycles. The molecule has 13 heteroatoms. The number of urea groups is 1. The molecule has 1 aliphatic carbocycles. The molecular formula is C18H16F4N6O3. The molecule has 2 unspecified atom stereocenters. The molecule has 1 spiro atoms. The summed E-state index contributed by atoms with van der Waals surface area (Å²) in [6, 6.07) is 2.04. The number of amides is 3. The summed E-state index contributed by atoms with van der Waals surface area (Å²) in [5.74, 6) is -1.23. The number of carbonyl (C=O) groups excluding carboxylic acids is 2. The van der Waals surface area contributed by atoms with Crippen LogP contribution in [-0.4, -0.2) is 41.6 Å². The Labute approximate surface area is 172 Å². The number of halogens is 4. The predicted molar refractivity (Wildman–Crippen MR) is 99.8 cm³/mol. The Balaban J connectivity index is 1.70. The molecule has 3 amide bonds. The van der Waals surface area contributed by atoms with Crippen LogP contribution < -0.4 is 26.0 Å². The van der Waals surface area contributed by atoms with Gasteiger partial charge in [0.05, 0.1) is 12.8 Å². The maximum Gasteiger partial charge on any atom is 0.421 e. The molecule has 2 atom stereocenters. The van der Waals surface area contributed by atoms with E-state index in [-0.39, 0.29) is 29.4 Å². The Hall–Kier alpha value is -3.64. The van der Waals surface area contributed by atoms with Gasteiger partial charge in [-0.05, 0) is 11.6 Å². The van der Waals surface area contributed by atoms with E-state index in [1.807, 2.05) is 5.32 Å². The molecule has 164 valence electrons. The summed E-state index contributed by atoms with van der Waals surface area (Å²) in [6.07, 6.45) is -5.99. The smallest absolute Gasteiger partial charge is 0.421 e. The highest BCUT2D eigenvalue weighted by atomic mass is 19.4. The largest absolute Gasteiger partial charge is 0.494 e. The van der Waals surface area contributed by atoms with E-state index < -0.39 is 41.2 Å². The Morgan fingerprint density at radius 1 is 1.29 bits per heavy atom. The molecule has 1 fully saturated rings. The number of aromatic nitrogens is 2. The normalized spacial score (nSPS) is 22.2. The predicted octanol–water partition coefficient (Wildman–Crippen LogP) is 2.43. The van der Waals surface area contributed by atoms with E-state index in [0.717, 1.165) is 0 Å². The van der Waals surface area contributed by atoms with Crippen LogP contribution in [0.4, 0.5) is 39.8 Å². The highest BCUT2D eigenvalue weighted by Crippen LogP contribution is 2.49. The third-order valence-corrected chi connectivity index (χ3v) is 5.21. The van der Waals surface area contributed by atoms with Gasteiger partial charge < -0.3 is 20.7 Å². The van der Waals surface area contributed by atoms with Crippen molar-refractivity contribution in [2.24, 2.45) is 0 Å². The van der Waals surface area contributed by atoms with Gasteiger partial charge in [-0.1, -0.05) is 6.07 Å². The van der Waals surface area contributed by atoms with Crippen molar-refractivity contribution in [1.82, 2.24) is 20.6 Å². The summed E-state index contributed by atoms with van der Waals surface area (Å²) >= 11 is 0. The molecular weight excluding hydrogens is 424 g/mol. The van der Waals surface area contributed by atoms with Crippen LogP contribution in [0, 0.1) is 0 Å². The number of anilines is 3. The lowest BCUT2D eigenvalue weighted by Crippen LogP contribution is -2.49. The van der Waals surface area contributed by atoms with Gasteiger partial charge in [0.1, 0.15) is 17.1 Å². The zero-order valence-electron chi connectivity index (χ0n) is 16.1. The minimum atomic E-state index is -4.64. The number of ether oxygens (including phenoxy) is 1. The monoisotopic (exact) mass is 440 g/mol. The number of imide groups is 1. The fraction of sp³-hybridized carbons (Fsp3) is 0.333. The van der Waals surface area contributed by atoms with Crippen LogP contribution in [0.3, 0.4) is 0 Å². The van der Waals surface area contributed by atoms with Crippen molar-refractivity contribution in [3.63, 3.8) is 0 Å². The minimum absolute atomic E-state index is 0.153. The summed E-state index contributed by atoms with van der Waals surface area (Å²) in [7, 11) is 2.61. The molecule has 0 saturated carbocycles. The lowest BCUT2D eigenvalue weighted by Gasteiger charge is -2.22. The number of nitrogens with one attached hydrogen (secondary N) is 4. The number of benzene rings is 1. The zero-order valence-corrected chi connectivity index (χ0v) is 16.1. The van der Waals surface area contributed by atoms with Crippen molar-refractivity contribution in [3.8, 4) is 5.75 Å². The Morgan fingerprint density at radius 3 is 2.61 bits per heavy atom. The van der Waals surface area contributed by atoms with E-state index in [0.29, 0.717) is 11.8 Å². The van der Waals surface area contributed by atoms with Gasteiger partial charge in [-0.3, -0.25) is 10.1 Å². The first-order chi connectivity index (χ1) is 14.6. The fourth-order valence-corrected chi connectivity index (χ4v) is 3.80. The molecule has 1 aliphatic heterocycles. The van der Waals surface area contributed by atoms with Gasteiger partial charge in [0.25, 0.3) is 5.91 Å². The zero-order chi connectivity index (χ0) is 22.6. The van der Waals surface area contributed by atoms with E-state index in [1.165, 1.54) is 26.3 Å². The lowest BCUT2D eigenvalue weighted by molar-refractivity contribution is -0.137. The lowest BCUT2D eigenvalue weighted by atomic mass is 9.94. The molecule has 9 nitrogen and oxygen atoms in total. The second-order valence-electron chi connectivity index (χ2n) is 6.96. The van der Waals surface area contributed by atoms with Crippen LogP contribution in [0.5, 0.6) is 5.75 Å². The summed E-state index contributed by atoms with van der Waals surface area (Å²) in [5.41, 5.74) is -2.08.